The van der Waals surface area contributed by atoms with Crippen molar-refractivity contribution in [1.82, 2.24) is 19.8 Å². The Morgan fingerprint density at radius 2 is 1.15 bits per heavy atom. The average molecular weight is 1220 g/mol. The summed E-state index contributed by atoms with van der Waals surface area (Å²) in [5, 5.41) is 0. The molecule has 0 amide bonds. The number of carbonyl (C=O) groups excluding carboxylic acids is 4. The van der Waals surface area contributed by atoms with E-state index in [2.05, 4.69) is 19.8 Å². The van der Waals surface area contributed by atoms with Crippen molar-refractivity contribution >= 4 is 46.4 Å². The number of piperidine rings is 2. The van der Waals surface area contributed by atoms with Crippen LogP contribution in [0.2, 0.25) is 0 Å². The molecule has 304 valence electrons. The van der Waals surface area contributed by atoms with E-state index < -0.39 is 36.8 Å². The van der Waals surface area contributed by atoms with Crippen LogP contribution in [-0.4, -0.2) is 109 Å². The third-order valence-corrected chi connectivity index (χ3v) is 8.56. The number of nitrogens with one attached hydrogen (secondary N) is 2. The summed E-state index contributed by atoms with van der Waals surface area (Å²) in [7, 11) is 4.05. The summed E-state index contributed by atoms with van der Waals surface area (Å²) in [4.78, 5) is 58.6. The maximum absolute atomic E-state index is 12.3. The van der Waals surface area contributed by atoms with Gasteiger partial charge in [0.2, 0.25) is 0 Å². The number of furan rings is 2. The van der Waals surface area contributed by atoms with E-state index in [0.29, 0.717) is 28.6 Å². The van der Waals surface area contributed by atoms with Crippen molar-refractivity contribution in [3.05, 3.63) is 48.2 Å². The van der Waals surface area contributed by atoms with Gasteiger partial charge in [-0.2, -0.15) is 0 Å². The van der Waals surface area contributed by atoms with Gasteiger partial charge >= 0.3 is 24.2 Å². The molecule has 0 radical (unpaired) electrons. The number of esters is 2. The van der Waals surface area contributed by atoms with E-state index in [1.807, 2.05) is 27.9 Å². The van der Waals surface area contributed by atoms with Crippen LogP contribution in [0.25, 0.3) is 22.2 Å². The van der Waals surface area contributed by atoms with Gasteiger partial charge in [0.15, 0.2) is 11.2 Å². The van der Waals surface area contributed by atoms with Gasteiger partial charge in [-0.15, -0.1) is 0 Å². The van der Waals surface area contributed by atoms with E-state index in [-0.39, 0.29) is 94.6 Å². The predicted octanol–water partition coefficient (Wildman–Crippen LogP) is 7.57. The zero-order valence-corrected chi connectivity index (χ0v) is 40.8. The van der Waals surface area contributed by atoms with Crippen molar-refractivity contribution in [3.8, 4) is 0 Å². The molecule has 2 atom stereocenters. The van der Waals surface area contributed by atoms with Gasteiger partial charge in [0.05, 0.1) is 23.6 Å². The first-order chi connectivity index (χ1) is 25.5. The number of aromatic nitrogens is 2. The molecule has 0 aliphatic carbocycles. The molecule has 0 saturated carbocycles. The van der Waals surface area contributed by atoms with Gasteiger partial charge < -0.3 is 57.0 Å². The first kappa shape index (κ1) is 48.3. The predicted molar refractivity (Wildman–Crippen MR) is 196 cm³/mol. The molecule has 2 fully saturated rings. The van der Waals surface area contributed by atoms with E-state index in [1.165, 1.54) is 12.5 Å². The van der Waals surface area contributed by atoms with Crippen LogP contribution in [0.15, 0.2) is 45.6 Å². The Kier molecular flexibility index (Phi) is 21.1. The van der Waals surface area contributed by atoms with E-state index in [4.69, 9.17) is 37.3 Å². The maximum Gasteiger partial charge on any atom is 0.511 e. The molecule has 0 aromatic carbocycles. The van der Waals surface area contributed by atoms with Gasteiger partial charge in [0.1, 0.15) is 23.6 Å². The SMILES string of the molecule is CC.CC(C)C(OC(=O)OC1CCN(C)CC1)OC(=O)c1cc2occc2[nH]1.CCC(OC(=O)OC1CCN(C)CC1)OC(=O)c1cc2occc2[nH]1.[HH].[HH].[U].[U]. The molecule has 4 aromatic heterocycles. The Bertz CT molecular complexity index is 1710. The third-order valence-electron chi connectivity index (χ3n) is 8.56. The van der Waals surface area contributed by atoms with Gasteiger partial charge in [0, 0.05) is 128 Å². The molecular weight excluding hydrogens is 1170 g/mol. The maximum atomic E-state index is 12.3. The second-order valence-corrected chi connectivity index (χ2v) is 13.0. The van der Waals surface area contributed by atoms with Crippen LogP contribution >= 0.6 is 0 Å². The number of H-pyrrole nitrogens is 2. The number of hydrogen-bond acceptors (Lipinski definition) is 14. The van der Waals surface area contributed by atoms with Crippen LogP contribution in [0, 0.1) is 68.1 Å². The van der Waals surface area contributed by atoms with Gasteiger partial charge in [-0.1, -0.05) is 34.6 Å². The van der Waals surface area contributed by atoms with Gasteiger partial charge in [-0.05, 0) is 39.8 Å². The molecule has 2 saturated heterocycles. The fourth-order valence-corrected chi connectivity index (χ4v) is 5.49. The van der Waals surface area contributed by atoms with Crippen LogP contribution in [0.3, 0.4) is 0 Å². The molecule has 2 aliphatic rings. The van der Waals surface area contributed by atoms with Crippen molar-refractivity contribution in [3.63, 3.8) is 0 Å². The van der Waals surface area contributed by atoms with Crippen molar-refractivity contribution < 1.29 is 122 Å². The number of hydrogen-bond donors (Lipinski definition) is 2. The minimum atomic E-state index is -1.03. The number of rotatable bonds is 10. The van der Waals surface area contributed by atoms with Crippen molar-refractivity contribution in [2.75, 3.05) is 40.3 Å². The molecule has 2 N–H and O–H groups in total. The summed E-state index contributed by atoms with van der Waals surface area (Å²) in [6.45, 7) is 12.8. The van der Waals surface area contributed by atoms with Crippen molar-refractivity contribution in [2.45, 2.75) is 91.5 Å². The zero-order valence-electron chi connectivity index (χ0n) is 32.5. The molecule has 18 heteroatoms. The van der Waals surface area contributed by atoms with Crippen LogP contribution in [0.4, 0.5) is 9.59 Å². The summed E-state index contributed by atoms with van der Waals surface area (Å²) in [5.41, 5.74) is 2.98. The minimum Gasteiger partial charge on any atom is -0.463 e. The molecule has 0 bridgehead atoms. The fraction of sp³-hybridized carbons (Fsp3) is 0.568. The summed E-state index contributed by atoms with van der Waals surface area (Å²) < 4.78 is 41.9. The minimum absolute atomic E-state index is 0. The number of ether oxygens (including phenoxy) is 6. The number of carbonyl (C=O) groups is 4. The largest absolute Gasteiger partial charge is 0.511 e. The Morgan fingerprint density at radius 1 is 0.727 bits per heavy atom. The number of nitrogens with zero attached hydrogens (tertiary/aromatic N) is 2. The Morgan fingerprint density at radius 3 is 1.55 bits per heavy atom. The average Bonchev–Trinajstić information content (AvgIpc) is 3.93. The van der Waals surface area contributed by atoms with Gasteiger partial charge in [-0.25, -0.2) is 19.2 Å². The Labute approximate surface area is 371 Å². The first-order valence-corrected chi connectivity index (χ1v) is 18.1. The second kappa shape index (κ2) is 24.0. The van der Waals surface area contributed by atoms with Gasteiger partial charge in [-0.3, -0.25) is 0 Å². The first-order valence-electron chi connectivity index (χ1n) is 18.1. The van der Waals surface area contributed by atoms with E-state index >= 15 is 0 Å². The Balaban J connectivity index is 0.000000988. The molecule has 6 heterocycles. The normalized spacial score (nSPS) is 16.2. The monoisotopic (exact) mass is 1220 g/mol. The summed E-state index contributed by atoms with van der Waals surface area (Å²) >= 11 is 0. The molecule has 55 heavy (non-hydrogen) atoms. The molecule has 2 unspecified atom stereocenters. The van der Waals surface area contributed by atoms with Crippen LogP contribution < -0.4 is 0 Å². The molecule has 16 nitrogen and oxygen atoms in total. The molecular formula is C37H56N4O12U2. The second-order valence-electron chi connectivity index (χ2n) is 13.0. The summed E-state index contributed by atoms with van der Waals surface area (Å²) in [6, 6.07) is 6.51. The number of fused-ring (bicyclic) bond motifs is 2. The quantitative estimate of drug-likeness (QED) is 0.0899. The van der Waals surface area contributed by atoms with Crippen molar-refractivity contribution in [1.29, 1.82) is 0 Å². The smallest absolute Gasteiger partial charge is 0.463 e. The molecule has 6 rings (SSSR count). The van der Waals surface area contributed by atoms with Crippen LogP contribution in [0.5, 0.6) is 0 Å². The summed E-state index contributed by atoms with van der Waals surface area (Å²) in [5.74, 6) is -1.46. The Hall–Kier alpha value is -2.86. The van der Waals surface area contributed by atoms with Crippen LogP contribution in [-0.2, 0) is 28.4 Å². The van der Waals surface area contributed by atoms with E-state index in [0.717, 1.165) is 51.9 Å². The molecule has 2 aliphatic heterocycles. The number of likely N-dealkylation sites (tertiary alicyclic amines) is 2. The topological polar surface area (TPSA) is 188 Å². The van der Waals surface area contributed by atoms with Crippen molar-refractivity contribution in [2.24, 2.45) is 5.92 Å². The van der Waals surface area contributed by atoms with E-state index in [1.54, 1.807) is 45.0 Å². The summed E-state index contributed by atoms with van der Waals surface area (Å²) in [6.07, 6.45) is 2.45. The standard InChI is InChI=1S/C18H24N2O6.C17H22N2O6.C2H6.2U.2H2/c1-11(2)17(26-18(22)24-12-4-7-20(3)8-5-12)25-16(21)14-10-15-13(19-14)6-9-23-15;1-3-15(25-17(21)23-11-4-7-19(2)8-5-11)24-16(20)13-10-14-12(18-13)6-9-22-14;1-2;;;;/h6,9-12,17,19H,4-5,7-8H2,1-3H3;6,9-11,15,18H,3-5,7-8H2,1-2H3;1-2H3;;;2*1H. The molecule has 0 spiro atoms. The molecule has 4 aromatic rings. The van der Waals surface area contributed by atoms with E-state index in [9.17, 15) is 19.2 Å². The van der Waals surface area contributed by atoms with Gasteiger partial charge in [0.25, 0.3) is 12.6 Å². The zero-order chi connectivity index (χ0) is 38.5. The fourth-order valence-electron chi connectivity index (χ4n) is 5.49. The van der Waals surface area contributed by atoms with Crippen LogP contribution in [0.1, 0.15) is 90.6 Å². The third kappa shape index (κ3) is 14.9. The number of aromatic amines is 2.